The minimum atomic E-state index is 0.704. The third kappa shape index (κ3) is 3.42. The highest BCUT2D eigenvalue weighted by molar-refractivity contribution is 5.57. The van der Waals surface area contributed by atoms with E-state index in [1.54, 1.807) is 0 Å². The van der Waals surface area contributed by atoms with Gasteiger partial charge in [0.15, 0.2) is 0 Å². The van der Waals surface area contributed by atoms with Crippen LogP contribution in [0.5, 0.6) is 0 Å². The minimum absolute atomic E-state index is 0.704. The Morgan fingerprint density at radius 1 is 1.14 bits per heavy atom. The first-order chi connectivity index (χ1) is 10.3. The molecule has 2 aliphatic rings. The van der Waals surface area contributed by atoms with E-state index >= 15 is 0 Å². The summed E-state index contributed by atoms with van der Waals surface area (Å²) in [5.74, 6) is 1.70. The summed E-state index contributed by atoms with van der Waals surface area (Å²) in [5.41, 5.74) is 2.88. The van der Waals surface area contributed by atoms with Gasteiger partial charge in [-0.05, 0) is 63.2 Å². The maximum absolute atomic E-state index is 3.55. The fourth-order valence-electron chi connectivity index (χ4n) is 4.15. The monoisotopic (exact) mass is 286 g/mol. The Labute approximate surface area is 129 Å². The lowest BCUT2D eigenvalue weighted by Crippen LogP contribution is -2.36. The van der Waals surface area contributed by atoms with E-state index in [0.29, 0.717) is 5.92 Å². The second-order valence-electron chi connectivity index (χ2n) is 7.02. The third-order valence-electron chi connectivity index (χ3n) is 5.79. The van der Waals surface area contributed by atoms with Crippen LogP contribution in [-0.2, 0) is 0 Å². The molecular weight excluding hydrogens is 256 g/mol. The molecule has 116 valence electrons. The number of benzene rings is 1. The van der Waals surface area contributed by atoms with Crippen LogP contribution in [0.2, 0.25) is 0 Å². The van der Waals surface area contributed by atoms with Crippen LogP contribution in [0, 0.1) is 5.92 Å². The lowest BCUT2D eigenvalue weighted by Gasteiger charge is -2.34. The van der Waals surface area contributed by atoms with Crippen molar-refractivity contribution in [3.63, 3.8) is 0 Å². The molecule has 2 nitrogen and oxygen atoms in total. The molecule has 0 bridgehead atoms. The number of nitrogens with zero attached hydrogens (tertiary/aromatic N) is 1. The molecule has 2 heteroatoms. The van der Waals surface area contributed by atoms with Crippen molar-refractivity contribution < 1.29 is 0 Å². The van der Waals surface area contributed by atoms with Gasteiger partial charge >= 0.3 is 0 Å². The summed E-state index contributed by atoms with van der Waals surface area (Å²) in [6.07, 6.45) is 8.37. The van der Waals surface area contributed by atoms with Crippen molar-refractivity contribution in [1.29, 1.82) is 0 Å². The normalized spacial score (nSPS) is 28.4. The molecule has 1 unspecified atom stereocenters. The first-order valence-electron chi connectivity index (χ1n) is 8.81. The van der Waals surface area contributed by atoms with Gasteiger partial charge in [0, 0.05) is 24.2 Å². The van der Waals surface area contributed by atoms with Gasteiger partial charge in [-0.15, -0.1) is 0 Å². The summed E-state index contributed by atoms with van der Waals surface area (Å²) in [6, 6.07) is 9.65. The molecule has 1 saturated carbocycles. The molecule has 1 aromatic carbocycles. The van der Waals surface area contributed by atoms with Crippen molar-refractivity contribution in [3.05, 3.63) is 29.8 Å². The predicted octanol–water partition coefficient (Wildman–Crippen LogP) is 4.49. The Kier molecular flexibility index (Phi) is 4.84. The molecule has 1 fully saturated rings. The molecule has 1 heterocycles. The number of nitrogens with one attached hydrogen (secondary N) is 1. The highest BCUT2D eigenvalue weighted by atomic mass is 15.1. The van der Waals surface area contributed by atoms with Gasteiger partial charge in [-0.2, -0.15) is 0 Å². The van der Waals surface area contributed by atoms with Crippen LogP contribution in [0.15, 0.2) is 24.3 Å². The molecule has 1 aromatic rings. The second-order valence-corrected chi connectivity index (χ2v) is 7.02. The zero-order valence-electron chi connectivity index (χ0n) is 13.6. The van der Waals surface area contributed by atoms with Gasteiger partial charge in [-0.3, -0.25) is 0 Å². The second kappa shape index (κ2) is 6.83. The lowest BCUT2D eigenvalue weighted by atomic mass is 9.84. The summed E-state index contributed by atoms with van der Waals surface area (Å²) in [7, 11) is 2.34. The van der Waals surface area contributed by atoms with Gasteiger partial charge in [0.25, 0.3) is 0 Å². The van der Waals surface area contributed by atoms with E-state index in [0.717, 1.165) is 18.5 Å². The molecule has 0 radical (unpaired) electrons. The molecule has 1 aliphatic heterocycles. The van der Waals surface area contributed by atoms with Crippen LogP contribution in [0.4, 0.5) is 5.69 Å². The summed E-state index contributed by atoms with van der Waals surface area (Å²) in [6.45, 7) is 4.71. The van der Waals surface area contributed by atoms with Crippen molar-refractivity contribution in [1.82, 2.24) is 4.90 Å². The average molecular weight is 286 g/mol. The maximum Gasteiger partial charge on any atom is 0.0376 e. The molecule has 3 rings (SSSR count). The molecule has 21 heavy (non-hydrogen) atoms. The number of anilines is 1. The fourth-order valence-corrected chi connectivity index (χ4v) is 4.15. The summed E-state index contributed by atoms with van der Waals surface area (Å²) < 4.78 is 0. The van der Waals surface area contributed by atoms with Crippen molar-refractivity contribution >= 4 is 5.69 Å². The topological polar surface area (TPSA) is 15.3 Å². The standard InChI is InChI=1S/C19H30N2/c1-3-15-8-10-17(11-9-15)21(2)13-12-16-14-20-19-7-5-4-6-18(16)19/h4-7,15-17,20H,3,8-14H2,1-2H3. The Hall–Kier alpha value is -1.02. The highest BCUT2D eigenvalue weighted by Gasteiger charge is 2.25. The van der Waals surface area contributed by atoms with Crippen LogP contribution in [-0.4, -0.2) is 31.1 Å². The average Bonchev–Trinajstić information content (AvgIpc) is 2.96. The van der Waals surface area contributed by atoms with E-state index in [1.807, 2.05) is 0 Å². The molecule has 1 N–H and O–H groups in total. The van der Waals surface area contributed by atoms with Crippen LogP contribution >= 0.6 is 0 Å². The minimum Gasteiger partial charge on any atom is -0.384 e. The number of fused-ring (bicyclic) bond motifs is 1. The lowest BCUT2D eigenvalue weighted by molar-refractivity contribution is 0.160. The molecule has 1 aliphatic carbocycles. The van der Waals surface area contributed by atoms with E-state index in [-0.39, 0.29) is 0 Å². The van der Waals surface area contributed by atoms with Crippen molar-refractivity contribution in [3.8, 4) is 0 Å². The largest absolute Gasteiger partial charge is 0.384 e. The Morgan fingerprint density at radius 2 is 1.90 bits per heavy atom. The van der Waals surface area contributed by atoms with Crippen molar-refractivity contribution in [2.45, 2.75) is 57.4 Å². The number of para-hydroxylation sites is 1. The Bertz CT molecular complexity index is 449. The van der Waals surface area contributed by atoms with Crippen molar-refractivity contribution in [2.24, 2.45) is 5.92 Å². The zero-order chi connectivity index (χ0) is 14.7. The van der Waals surface area contributed by atoms with Gasteiger partial charge < -0.3 is 10.2 Å². The van der Waals surface area contributed by atoms with E-state index in [2.05, 4.69) is 48.5 Å². The third-order valence-corrected chi connectivity index (χ3v) is 5.79. The number of hydrogen-bond donors (Lipinski definition) is 1. The number of rotatable bonds is 5. The fraction of sp³-hybridized carbons (Fsp3) is 0.684. The zero-order valence-corrected chi connectivity index (χ0v) is 13.6. The van der Waals surface area contributed by atoms with Crippen molar-refractivity contribution in [2.75, 3.05) is 25.5 Å². The quantitative estimate of drug-likeness (QED) is 0.858. The first kappa shape index (κ1) is 14.9. The van der Waals surface area contributed by atoms with E-state index in [4.69, 9.17) is 0 Å². The predicted molar refractivity (Wildman–Crippen MR) is 91.0 cm³/mol. The van der Waals surface area contributed by atoms with Crippen LogP contribution in [0.1, 0.15) is 56.9 Å². The Morgan fingerprint density at radius 3 is 2.67 bits per heavy atom. The maximum atomic E-state index is 3.55. The van der Waals surface area contributed by atoms with Crippen LogP contribution in [0.3, 0.4) is 0 Å². The molecular formula is C19H30N2. The van der Waals surface area contributed by atoms with Gasteiger partial charge in [-0.25, -0.2) is 0 Å². The van der Waals surface area contributed by atoms with Gasteiger partial charge in [0.1, 0.15) is 0 Å². The summed E-state index contributed by atoms with van der Waals surface area (Å²) in [4.78, 5) is 2.63. The van der Waals surface area contributed by atoms with E-state index in [1.165, 1.54) is 56.3 Å². The van der Waals surface area contributed by atoms with Crippen LogP contribution < -0.4 is 5.32 Å². The molecule has 1 atom stereocenters. The Balaban J connectivity index is 1.48. The smallest absolute Gasteiger partial charge is 0.0376 e. The molecule has 0 amide bonds. The first-order valence-corrected chi connectivity index (χ1v) is 8.81. The van der Waals surface area contributed by atoms with Gasteiger partial charge in [0.05, 0.1) is 0 Å². The molecule has 0 aromatic heterocycles. The van der Waals surface area contributed by atoms with Crippen LogP contribution in [0.25, 0.3) is 0 Å². The highest BCUT2D eigenvalue weighted by Crippen LogP contribution is 2.34. The summed E-state index contributed by atoms with van der Waals surface area (Å²) >= 11 is 0. The summed E-state index contributed by atoms with van der Waals surface area (Å²) in [5, 5.41) is 3.55. The number of hydrogen-bond acceptors (Lipinski definition) is 2. The molecule has 0 saturated heterocycles. The SMILES string of the molecule is CCC1CCC(N(C)CCC2CNc3ccccc32)CC1. The van der Waals surface area contributed by atoms with Gasteiger partial charge in [0.2, 0.25) is 0 Å². The molecule has 0 spiro atoms. The van der Waals surface area contributed by atoms with E-state index < -0.39 is 0 Å². The van der Waals surface area contributed by atoms with E-state index in [9.17, 15) is 0 Å². The van der Waals surface area contributed by atoms with Gasteiger partial charge in [-0.1, -0.05) is 31.5 Å².